The zero-order chi connectivity index (χ0) is 12.4. The van der Waals surface area contributed by atoms with Gasteiger partial charge in [-0.1, -0.05) is 0 Å². The molecule has 0 N–H and O–H groups in total. The Bertz CT molecular complexity index is 219. The summed E-state index contributed by atoms with van der Waals surface area (Å²) in [6.45, 7) is 1.67. The van der Waals surface area contributed by atoms with Gasteiger partial charge in [-0.15, -0.1) is 0 Å². The molecule has 0 aliphatic rings. The van der Waals surface area contributed by atoms with E-state index in [-0.39, 0.29) is 24.9 Å². The van der Waals surface area contributed by atoms with Crippen LogP contribution in [0.1, 0.15) is 6.42 Å². The Labute approximate surface area is 95.4 Å². The number of hydrogen-bond acceptors (Lipinski definition) is 6. The van der Waals surface area contributed by atoms with Crippen LogP contribution in [-0.2, 0) is 23.8 Å². The third-order valence-corrected chi connectivity index (χ3v) is 2.05. The number of carbonyl (C=O) groups excluding carboxylic acids is 2. The van der Waals surface area contributed by atoms with Gasteiger partial charge in [-0.05, 0) is 0 Å². The van der Waals surface area contributed by atoms with E-state index in [0.717, 1.165) is 0 Å². The zero-order valence-electron chi connectivity index (χ0n) is 10.0. The Morgan fingerprint density at radius 2 is 1.62 bits per heavy atom. The first-order valence-electron chi connectivity index (χ1n) is 4.99. The number of methoxy groups -OCH3 is 3. The van der Waals surface area contributed by atoms with E-state index in [1.807, 2.05) is 0 Å². The van der Waals surface area contributed by atoms with Gasteiger partial charge in [0.2, 0.25) is 0 Å². The molecule has 6 nitrogen and oxygen atoms in total. The maximum atomic E-state index is 11.1. The van der Waals surface area contributed by atoms with Crippen LogP contribution in [0.15, 0.2) is 0 Å². The summed E-state index contributed by atoms with van der Waals surface area (Å²) in [5.41, 5.74) is 0. The maximum absolute atomic E-state index is 11.1. The van der Waals surface area contributed by atoms with Gasteiger partial charge < -0.3 is 14.2 Å². The van der Waals surface area contributed by atoms with E-state index in [1.165, 1.54) is 14.2 Å². The summed E-state index contributed by atoms with van der Waals surface area (Å²) in [5.74, 6) is -0.631. The second-order valence-electron chi connectivity index (χ2n) is 3.17. The summed E-state index contributed by atoms with van der Waals surface area (Å²) in [6, 6.07) is 0. The van der Waals surface area contributed by atoms with Crippen molar-refractivity contribution in [2.45, 2.75) is 6.42 Å². The molecule has 16 heavy (non-hydrogen) atoms. The van der Waals surface area contributed by atoms with Gasteiger partial charge in [-0.3, -0.25) is 14.5 Å². The monoisotopic (exact) mass is 233 g/mol. The van der Waals surface area contributed by atoms with E-state index < -0.39 is 0 Å². The lowest BCUT2D eigenvalue weighted by atomic mass is 10.3. The van der Waals surface area contributed by atoms with Crippen LogP contribution in [0.25, 0.3) is 0 Å². The number of hydrogen-bond donors (Lipinski definition) is 0. The molecule has 0 saturated carbocycles. The fourth-order valence-electron chi connectivity index (χ4n) is 1.09. The molecule has 0 saturated heterocycles. The third kappa shape index (κ3) is 7.19. The predicted octanol–water partition coefficient (Wildman–Crippen LogP) is -0.329. The molecule has 0 rings (SSSR count). The molecule has 0 aromatic carbocycles. The van der Waals surface area contributed by atoms with Crippen LogP contribution in [0, 0.1) is 0 Å². The number of nitrogens with zero attached hydrogens (tertiary/aromatic N) is 1. The van der Waals surface area contributed by atoms with E-state index in [9.17, 15) is 9.59 Å². The fraction of sp³-hybridized carbons (Fsp3) is 0.800. The van der Waals surface area contributed by atoms with Crippen LogP contribution < -0.4 is 0 Å². The van der Waals surface area contributed by atoms with Gasteiger partial charge in [0.15, 0.2) is 0 Å². The number of esters is 2. The van der Waals surface area contributed by atoms with Crippen molar-refractivity contribution >= 4 is 11.9 Å². The average Bonchev–Trinajstić information content (AvgIpc) is 2.31. The molecule has 0 aliphatic carbocycles. The van der Waals surface area contributed by atoms with Gasteiger partial charge in [-0.2, -0.15) is 0 Å². The second-order valence-corrected chi connectivity index (χ2v) is 3.17. The quantitative estimate of drug-likeness (QED) is 0.535. The van der Waals surface area contributed by atoms with E-state index in [0.29, 0.717) is 19.7 Å². The Kier molecular flexibility index (Phi) is 8.46. The van der Waals surface area contributed by atoms with Crippen LogP contribution >= 0.6 is 0 Å². The Morgan fingerprint density at radius 1 is 1.00 bits per heavy atom. The lowest BCUT2D eigenvalue weighted by Crippen LogP contribution is -2.35. The Balaban J connectivity index is 3.98. The van der Waals surface area contributed by atoms with E-state index in [1.54, 1.807) is 12.0 Å². The fourth-order valence-corrected chi connectivity index (χ4v) is 1.09. The van der Waals surface area contributed by atoms with Gasteiger partial charge in [0.1, 0.15) is 0 Å². The summed E-state index contributed by atoms with van der Waals surface area (Å²) in [6.07, 6.45) is 0.247. The van der Waals surface area contributed by atoms with Crippen molar-refractivity contribution < 1.29 is 23.8 Å². The zero-order valence-corrected chi connectivity index (χ0v) is 10.0. The molecule has 0 aromatic heterocycles. The standard InChI is InChI=1S/C10H19NO5/c1-14-7-6-11(8-10(13)16-3)5-4-9(12)15-2/h4-8H2,1-3H3. The van der Waals surface area contributed by atoms with Crippen molar-refractivity contribution in [1.82, 2.24) is 4.90 Å². The minimum absolute atomic E-state index is 0.150. The van der Waals surface area contributed by atoms with Crippen molar-refractivity contribution in [2.75, 3.05) is 47.6 Å². The molecule has 0 amide bonds. The lowest BCUT2D eigenvalue weighted by Gasteiger charge is -2.19. The summed E-state index contributed by atoms with van der Waals surface area (Å²) in [4.78, 5) is 23.8. The summed E-state index contributed by atoms with van der Waals surface area (Å²) in [7, 11) is 4.25. The van der Waals surface area contributed by atoms with Crippen molar-refractivity contribution in [3.8, 4) is 0 Å². The van der Waals surface area contributed by atoms with Crippen LogP contribution in [-0.4, -0.2) is 64.4 Å². The van der Waals surface area contributed by atoms with Crippen LogP contribution in [0.3, 0.4) is 0 Å². The molecule has 0 radical (unpaired) electrons. The first-order chi connectivity index (χ1) is 7.63. The highest BCUT2D eigenvalue weighted by Gasteiger charge is 2.12. The van der Waals surface area contributed by atoms with E-state index in [2.05, 4.69) is 9.47 Å². The van der Waals surface area contributed by atoms with Gasteiger partial charge in [0.25, 0.3) is 0 Å². The second kappa shape index (κ2) is 9.11. The lowest BCUT2D eigenvalue weighted by molar-refractivity contribution is -0.144. The highest BCUT2D eigenvalue weighted by molar-refractivity contribution is 5.72. The largest absolute Gasteiger partial charge is 0.469 e. The smallest absolute Gasteiger partial charge is 0.319 e. The topological polar surface area (TPSA) is 65.1 Å². The Hall–Kier alpha value is -1.14. The molecule has 0 aromatic rings. The molecule has 6 heteroatoms. The molecule has 0 bridgehead atoms. The molecule has 0 spiro atoms. The van der Waals surface area contributed by atoms with Crippen LogP contribution in [0.5, 0.6) is 0 Å². The van der Waals surface area contributed by atoms with Gasteiger partial charge in [0.05, 0.1) is 33.8 Å². The SMILES string of the molecule is COCCN(CCC(=O)OC)CC(=O)OC. The summed E-state index contributed by atoms with van der Waals surface area (Å²) in [5, 5.41) is 0. The first-order valence-corrected chi connectivity index (χ1v) is 4.99. The van der Waals surface area contributed by atoms with Crippen molar-refractivity contribution in [1.29, 1.82) is 0 Å². The normalized spacial score (nSPS) is 10.2. The third-order valence-electron chi connectivity index (χ3n) is 2.05. The number of ether oxygens (including phenoxy) is 3. The summed E-state index contributed by atoms with van der Waals surface area (Å²) >= 11 is 0. The maximum Gasteiger partial charge on any atom is 0.319 e. The van der Waals surface area contributed by atoms with Crippen molar-refractivity contribution in [2.24, 2.45) is 0 Å². The average molecular weight is 233 g/mol. The molecular formula is C10H19NO5. The number of rotatable bonds is 8. The van der Waals surface area contributed by atoms with Crippen molar-refractivity contribution in [3.63, 3.8) is 0 Å². The van der Waals surface area contributed by atoms with E-state index >= 15 is 0 Å². The molecule has 94 valence electrons. The first kappa shape index (κ1) is 14.9. The van der Waals surface area contributed by atoms with Gasteiger partial charge >= 0.3 is 11.9 Å². The highest BCUT2D eigenvalue weighted by atomic mass is 16.5. The minimum Gasteiger partial charge on any atom is -0.469 e. The molecular weight excluding hydrogens is 214 g/mol. The molecule has 0 atom stereocenters. The molecule has 0 fully saturated rings. The molecule has 0 unspecified atom stereocenters. The van der Waals surface area contributed by atoms with Gasteiger partial charge in [-0.25, -0.2) is 0 Å². The molecule has 0 aliphatic heterocycles. The summed E-state index contributed by atoms with van der Waals surface area (Å²) < 4.78 is 14.0. The molecule has 0 heterocycles. The van der Waals surface area contributed by atoms with Crippen LogP contribution in [0.2, 0.25) is 0 Å². The van der Waals surface area contributed by atoms with Crippen molar-refractivity contribution in [3.05, 3.63) is 0 Å². The van der Waals surface area contributed by atoms with Crippen LogP contribution in [0.4, 0.5) is 0 Å². The highest BCUT2D eigenvalue weighted by Crippen LogP contribution is 1.95. The number of carbonyl (C=O) groups is 2. The predicted molar refractivity (Wildman–Crippen MR) is 57.0 cm³/mol. The van der Waals surface area contributed by atoms with E-state index in [4.69, 9.17) is 4.74 Å². The minimum atomic E-state index is -0.332. The van der Waals surface area contributed by atoms with Gasteiger partial charge in [0, 0.05) is 20.2 Å². The Morgan fingerprint density at radius 3 is 2.12 bits per heavy atom.